The number of rotatable bonds is 10. The highest BCUT2D eigenvalue weighted by Gasteiger charge is 2.29. The summed E-state index contributed by atoms with van der Waals surface area (Å²) in [5, 5.41) is 22.0. The van der Waals surface area contributed by atoms with Crippen LogP contribution in [-0.2, 0) is 0 Å². The lowest BCUT2D eigenvalue weighted by molar-refractivity contribution is 0.0608. The van der Waals surface area contributed by atoms with E-state index in [0.717, 1.165) is 60.4 Å². The summed E-state index contributed by atoms with van der Waals surface area (Å²) in [5.74, 6) is 2.52. The maximum Gasteiger partial charge on any atom is 0.119 e. The Morgan fingerprint density at radius 1 is 1.18 bits per heavy atom. The maximum atomic E-state index is 11.0. The van der Waals surface area contributed by atoms with Crippen molar-refractivity contribution in [1.82, 2.24) is 9.88 Å². The number of ether oxygens (including phenoxy) is 1. The Labute approximate surface area is 207 Å². The number of piperidine rings is 1. The molecule has 0 unspecified atom stereocenters. The van der Waals surface area contributed by atoms with E-state index in [2.05, 4.69) is 41.1 Å². The van der Waals surface area contributed by atoms with Crippen LogP contribution >= 0.6 is 11.8 Å². The minimum absolute atomic E-state index is 0.206. The van der Waals surface area contributed by atoms with Crippen LogP contribution in [0.4, 0.5) is 0 Å². The number of benzene rings is 2. The number of thioether (sulfide) groups is 1. The number of hydrogen-bond acceptors (Lipinski definition) is 6. The van der Waals surface area contributed by atoms with Crippen LogP contribution in [0.1, 0.15) is 36.5 Å². The van der Waals surface area contributed by atoms with E-state index in [1.807, 2.05) is 36.0 Å². The molecule has 2 heterocycles. The lowest BCUT2D eigenvalue weighted by Crippen LogP contribution is -2.43. The van der Waals surface area contributed by atoms with Gasteiger partial charge in [0.15, 0.2) is 0 Å². The van der Waals surface area contributed by atoms with Crippen molar-refractivity contribution >= 4 is 22.7 Å². The third-order valence-corrected chi connectivity index (χ3v) is 8.00. The molecule has 1 saturated heterocycles. The molecule has 3 atom stereocenters. The molecule has 0 spiro atoms. The molecular formula is C28H36N2O3S. The summed E-state index contributed by atoms with van der Waals surface area (Å²) in [6, 6.07) is 16.3. The van der Waals surface area contributed by atoms with Gasteiger partial charge in [-0.1, -0.05) is 17.7 Å². The fraction of sp³-hybridized carbons (Fsp3) is 0.464. The van der Waals surface area contributed by atoms with E-state index >= 15 is 0 Å². The summed E-state index contributed by atoms with van der Waals surface area (Å²) in [6.45, 7) is 5.36. The van der Waals surface area contributed by atoms with Gasteiger partial charge < -0.3 is 19.8 Å². The Morgan fingerprint density at radius 2 is 2.06 bits per heavy atom. The first-order chi connectivity index (χ1) is 16.6. The summed E-state index contributed by atoms with van der Waals surface area (Å²) < 4.78 is 5.37. The molecule has 1 aliphatic rings. The van der Waals surface area contributed by atoms with Crippen LogP contribution in [0.3, 0.4) is 0 Å². The molecule has 2 aromatic carbocycles. The van der Waals surface area contributed by atoms with Gasteiger partial charge in [-0.25, -0.2) is 0 Å². The lowest BCUT2D eigenvalue weighted by Gasteiger charge is -2.38. The van der Waals surface area contributed by atoms with Crippen molar-refractivity contribution in [2.24, 2.45) is 11.8 Å². The Kier molecular flexibility index (Phi) is 8.84. The van der Waals surface area contributed by atoms with Gasteiger partial charge in [0.1, 0.15) is 5.75 Å². The maximum absolute atomic E-state index is 11.0. The Hall–Kier alpha value is -2.12. The highest BCUT2D eigenvalue weighted by Crippen LogP contribution is 2.33. The average molecular weight is 481 g/mol. The number of hydrogen-bond donors (Lipinski definition) is 2. The molecule has 0 amide bonds. The molecule has 5 nitrogen and oxygen atoms in total. The van der Waals surface area contributed by atoms with Gasteiger partial charge in [0, 0.05) is 41.9 Å². The minimum atomic E-state index is -0.555. The van der Waals surface area contributed by atoms with Crippen LogP contribution in [0.15, 0.2) is 59.6 Å². The third-order valence-electron chi connectivity index (χ3n) is 7.03. The van der Waals surface area contributed by atoms with Crippen molar-refractivity contribution in [3.63, 3.8) is 0 Å². The average Bonchev–Trinajstić information content (AvgIpc) is 2.87. The molecule has 4 rings (SSSR count). The first-order valence-corrected chi connectivity index (χ1v) is 13.2. The number of aliphatic hydroxyl groups is 2. The summed E-state index contributed by atoms with van der Waals surface area (Å²) in [5.41, 5.74) is 3.06. The highest BCUT2D eigenvalue weighted by molar-refractivity contribution is 7.99. The first-order valence-electron chi connectivity index (χ1n) is 12.2. The van der Waals surface area contributed by atoms with E-state index in [4.69, 9.17) is 4.74 Å². The van der Waals surface area contributed by atoms with Gasteiger partial charge >= 0.3 is 0 Å². The zero-order valence-corrected chi connectivity index (χ0v) is 21.0. The molecule has 1 aliphatic heterocycles. The number of aliphatic hydroxyl groups excluding tert-OH is 2. The number of nitrogens with zero attached hydrogens (tertiary/aromatic N) is 2. The normalized spacial score (nSPS) is 19.9. The molecule has 182 valence electrons. The minimum Gasteiger partial charge on any atom is -0.497 e. The van der Waals surface area contributed by atoms with Crippen molar-refractivity contribution in [3.05, 3.63) is 65.9 Å². The SMILES string of the molecule is COc1ccc2nccc([C@H](O)CC[C@@H]3CCN(CCSc4cccc(C)c4)C[C@@H]3CO)c2c1. The first kappa shape index (κ1) is 25.0. The lowest BCUT2D eigenvalue weighted by atomic mass is 9.81. The Morgan fingerprint density at radius 3 is 2.85 bits per heavy atom. The molecule has 3 aromatic rings. The quantitative estimate of drug-likeness (QED) is 0.394. The molecule has 6 heteroatoms. The molecular weight excluding hydrogens is 444 g/mol. The Bertz CT molecular complexity index is 1080. The van der Waals surface area contributed by atoms with Crippen LogP contribution in [0.25, 0.3) is 10.9 Å². The standard InChI is InChI=1S/C28H36N2O3S/c1-20-4-3-5-24(16-20)34-15-14-30-13-11-21(22(18-30)19-31)6-9-28(32)25-10-12-29-27-8-7-23(33-2)17-26(25)27/h3-5,7-8,10,12,16-17,21-22,28,31-32H,6,9,11,13-15,18-19H2,1-2H3/t21-,22-,28-/m1/s1. The van der Waals surface area contributed by atoms with Crippen molar-refractivity contribution in [2.75, 3.05) is 39.1 Å². The predicted octanol–water partition coefficient (Wildman–Crippen LogP) is 5.09. The number of likely N-dealkylation sites (tertiary alicyclic amines) is 1. The monoisotopic (exact) mass is 480 g/mol. The second-order valence-electron chi connectivity index (χ2n) is 9.33. The number of aryl methyl sites for hydroxylation is 1. The molecule has 2 N–H and O–H groups in total. The number of methoxy groups -OCH3 is 1. The van der Waals surface area contributed by atoms with E-state index < -0.39 is 6.10 Å². The van der Waals surface area contributed by atoms with E-state index in [9.17, 15) is 10.2 Å². The van der Waals surface area contributed by atoms with Gasteiger partial charge in [-0.15, -0.1) is 11.8 Å². The van der Waals surface area contributed by atoms with Crippen molar-refractivity contribution in [1.29, 1.82) is 0 Å². The number of fused-ring (bicyclic) bond motifs is 1. The fourth-order valence-corrected chi connectivity index (χ4v) is 6.06. The van der Waals surface area contributed by atoms with Crippen LogP contribution in [0, 0.1) is 18.8 Å². The van der Waals surface area contributed by atoms with E-state index in [1.54, 1.807) is 13.3 Å². The molecule has 0 aliphatic carbocycles. The van der Waals surface area contributed by atoms with Gasteiger partial charge in [-0.3, -0.25) is 4.98 Å². The number of aromatic nitrogens is 1. The van der Waals surface area contributed by atoms with Gasteiger partial charge in [-0.2, -0.15) is 0 Å². The third kappa shape index (κ3) is 6.30. The van der Waals surface area contributed by atoms with Crippen LogP contribution < -0.4 is 4.74 Å². The largest absolute Gasteiger partial charge is 0.497 e. The molecule has 1 fully saturated rings. The zero-order valence-electron chi connectivity index (χ0n) is 20.2. The van der Waals surface area contributed by atoms with Crippen LogP contribution in [-0.4, -0.2) is 59.2 Å². The molecule has 0 radical (unpaired) electrons. The molecule has 0 saturated carbocycles. The van der Waals surface area contributed by atoms with Crippen molar-refractivity contribution in [2.45, 2.75) is 37.2 Å². The van der Waals surface area contributed by atoms with Gasteiger partial charge in [-0.05, 0) is 86.5 Å². The Balaban J connectivity index is 1.29. The molecule has 34 heavy (non-hydrogen) atoms. The van der Waals surface area contributed by atoms with Gasteiger partial charge in [0.25, 0.3) is 0 Å². The van der Waals surface area contributed by atoms with E-state index in [-0.39, 0.29) is 12.5 Å². The molecule has 1 aromatic heterocycles. The molecule has 0 bridgehead atoms. The topological polar surface area (TPSA) is 65.8 Å². The van der Waals surface area contributed by atoms with E-state index in [1.165, 1.54) is 10.5 Å². The van der Waals surface area contributed by atoms with Crippen LogP contribution in [0.2, 0.25) is 0 Å². The summed E-state index contributed by atoms with van der Waals surface area (Å²) >= 11 is 1.90. The smallest absolute Gasteiger partial charge is 0.119 e. The summed E-state index contributed by atoms with van der Waals surface area (Å²) in [7, 11) is 1.65. The van der Waals surface area contributed by atoms with Crippen molar-refractivity contribution in [3.8, 4) is 5.75 Å². The predicted molar refractivity (Wildman–Crippen MR) is 140 cm³/mol. The van der Waals surface area contributed by atoms with Crippen LogP contribution in [0.5, 0.6) is 5.75 Å². The summed E-state index contributed by atoms with van der Waals surface area (Å²) in [4.78, 5) is 8.23. The summed E-state index contributed by atoms with van der Waals surface area (Å²) in [6.07, 6.45) is 3.86. The second-order valence-corrected chi connectivity index (χ2v) is 10.5. The van der Waals surface area contributed by atoms with E-state index in [0.29, 0.717) is 12.3 Å². The van der Waals surface area contributed by atoms with Crippen molar-refractivity contribution < 1.29 is 14.9 Å². The fourth-order valence-electron chi connectivity index (χ4n) is 5.04. The van der Waals surface area contributed by atoms with Gasteiger partial charge in [0.05, 0.1) is 18.7 Å². The zero-order chi connectivity index (χ0) is 23.9. The highest BCUT2D eigenvalue weighted by atomic mass is 32.2. The van der Waals surface area contributed by atoms with Gasteiger partial charge in [0.2, 0.25) is 0 Å². The second kappa shape index (κ2) is 12.0. The number of pyridine rings is 1.